The van der Waals surface area contributed by atoms with Crippen LogP contribution in [0.15, 0.2) is 48.5 Å². The number of aryl methyl sites for hydroxylation is 1. The number of carbonyl (C=O) groups excluding carboxylic acids is 1. The fourth-order valence-corrected chi connectivity index (χ4v) is 3.22. The molecule has 0 aliphatic carbocycles. The zero-order valence-corrected chi connectivity index (χ0v) is 15.9. The minimum Gasteiger partial charge on any atom is -0.492 e. The Balaban J connectivity index is 1.48. The lowest BCUT2D eigenvalue weighted by Crippen LogP contribution is -2.44. The van der Waals surface area contributed by atoms with E-state index in [1.54, 1.807) is 0 Å². The van der Waals surface area contributed by atoms with Crippen molar-refractivity contribution in [2.75, 3.05) is 24.6 Å². The molecule has 0 spiro atoms. The second-order valence-electron chi connectivity index (χ2n) is 7.74. The average Bonchev–Trinajstić information content (AvgIpc) is 2.64. The van der Waals surface area contributed by atoms with Gasteiger partial charge in [-0.2, -0.15) is 0 Å². The van der Waals surface area contributed by atoms with Crippen LogP contribution in [0.5, 0.6) is 5.75 Å². The first kappa shape index (κ1) is 18.3. The molecule has 138 valence electrons. The molecule has 26 heavy (non-hydrogen) atoms. The highest BCUT2D eigenvalue weighted by molar-refractivity contribution is 5.93. The van der Waals surface area contributed by atoms with Crippen molar-refractivity contribution in [2.24, 2.45) is 0 Å². The summed E-state index contributed by atoms with van der Waals surface area (Å²) in [6.07, 6.45) is 2.04. The fraction of sp³-hybridized carbons (Fsp3) is 0.409. The van der Waals surface area contributed by atoms with Crippen molar-refractivity contribution in [1.29, 1.82) is 0 Å². The molecule has 0 saturated carbocycles. The molecule has 1 N–H and O–H groups in total. The monoisotopic (exact) mass is 352 g/mol. The smallest absolute Gasteiger partial charge is 0.321 e. The topological polar surface area (TPSA) is 41.6 Å². The third kappa shape index (κ3) is 4.37. The van der Waals surface area contributed by atoms with Gasteiger partial charge in [0.15, 0.2) is 0 Å². The zero-order chi connectivity index (χ0) is 18.6. The van der Waals surface area contributed by atoms with Crippen molar-refractivity contribution in [1.82, 2.24) is 5.32 Å². The molecule has 0 atom stereocenters. The summed E-state index contributed by atoms with van der Waals surface area (Å²) in [7, 11) is 0. The number of nitrogens with zero attached hydrogens (tertiary/aromatic N) is 1. The summed E-state index contributed by atoms with van der Waals surface area (Å²) in [5, 5.41) is 2.96. The number of rotatable bonds is 4. The van der Waals surface area contributed by atoms with Gasteiger partial charge in [-0.15, -0.1) is 0 Å². The van der Waals surface area contributed by atoms with Crippen LogP contribution in [0.1, 0.15) is 38.3 Å². The van der Waals surface area contributed by atoms with Gasteiger partial charge in [0.1, 0.15) is 12.4 Å². The van der Waals surface area contributed by atoms with Crippen molar-refractivity contribution < 1.29 is 9.53 Å². The van der Waals surface area contributed by atoms with Crippen molar-refractivity contribution in [2.45, 2.75) is 39.0 Å². The van der Waals surface area contributed by atoms with Gasteiger partial charge in [0.2, 0.25) is 0 Å². The van der Waals surface area contributed by atoms with Crippen LogP contribution >= 0.6 is 0 Å². The average molecular weight is 352 g/mol. The number of ether oxygens (including phenoxy) is 1. The van der Waals surface area contributed by atoms with Crippen molar-refractivity contribution in [3.63, 3.8) is 0 Å². The number of amides is 2. The number of benzene rings is 2. The van der Waals surface area contributed by atoms with Gasteiger partial charge in [-0.1, -0.05) is 51.1 Å². The van der Waals surface area contributed by atoms with Gasteiger partial charge in [0.25, 0.3) is 0 Å². The Kier molecular flexibility index (Phi) is 5.50. The number of fused-ring (bicyclic) bond motifs is 1. The Morgan fingerprint density at radius 2 is 1.85 bits per heavy atom. The molecule has 2 amide bonds. The second kappa shape index (κ2) is 7.81. The lowest BCUT2D eigenvalue weighted by atomic mass is 9.87. The van der Waals surface area contributed by atoms with E-state index in [1.807, 2.05) is 35.2 Å². The predicted octanol–water partition coefficient (Wildman–Crippen LogP) is 4.53. The number of nitrogens with one attached hydrogen (secondary N) is 1. The summed E-state index contributed by atoms with van der Waals surface area (Å²) >= 11 is 0. The summed E-state index contributed by atoms with van der Waals surface area (Å²) in [4.78, 5) is 14.3. The van der Waals surface area contributed by atoms with Crippen molar-refractivity contribution in [3.05, 3.63) is 59.7 Å². The summed E-state index contributed by atoms with van der Waals surface area (Å²) in [5.41, 5.74) is 3.68. The molecule has 2 aromatic rings. The van der Waals surface area contributed by atoms with Crippen LogP contribution in [0, 0.1) is 0 Å². The van der Waals surface area contributed by atoms with Crippen LogP contribution in [0.3, 0.4) is 0 Å². The molecule has 0 unspecified atom stereocenters. The predicted molar refractivity (Wildman–Crippen MR) is 106 cm³/mol. The SMILES string of the molecule is CC(C)(C)c1ccc(OCCNC(=O)N2CCCc3ccccc32)cc1. The number of urea groups is 1. The third-order valence-electron chi connectivity index (χ3n) is 4.72. The van der Waals surface area contributed by atoms with Gasteiger partial charge in [0.05, 0.1) is 6.54 Å². The number of anilines is 1. The van der Waals surface area contributed by atoms with Gasteiger partial charge in [-0.05, 0) is 47.6 Å². The molecular weight excluding hydrogens is 324 g/mol. The van der Waals surface area contributed by atoms with Crippen LogP contribution in [0.25, 0.3) is 0 Å². The van der Waals surface area contributed by atoms with E-state index in [0.717, 1.165) is 30.8 Å². The van der Waals surface area contributed by atoms with Gasteiger partial charge < -0.3 is 10.1 Å². The van der Waals surface area contributed by atoms with Crippen LogP contribution < -0.4 is 15.0 Å². The maximum Gasteiger partial charge on any atom is 0.321 e. The molecule has 0 bridgehead atoms. The van der Waals surface area contributed by atoms with E-state index in [-0.39, 0.29) is 11.4 Å². The van der Waals surface area contributed by atoms with Gasteiger partial charge in [0, 0.05) is 12.2 Å². The first-order chi connectivity index (χ1) is 12.4. The summed E-state index contributed by atoms with van der Waals surface area (Å²) < 4.78 is 5.75. The second-order valence-corrected chi connectivity index (χ2v) is 7.74. The maximum atomic E-state index is 12.5. The Hall–Kier alpha value is -2.49. The normalized spacial score (nSPS) is 13.9. The molecular formula is C22H28N2O2. The lowest BCUT2D eigenvalue weighted by Gasteiger charge is -2.29. The number of hydrogen-bond acceptors (Lipinski definition) is 2. The standard InChI is InChI=1S/C22H28N2O2/c1-22(2,3)18-10-12-19(13-11-18)26-16-14-23-21(25)24-15-6-8-17-7-4-5-9-20(17)24/h4-5,7,9-13H,6,8,14-16H2,1-3H3,(H,23,25). The van der Waals surface area contributed by atoms with E-state index < -0.39 is 0 Å². The molecule has 4 nitrogen and oxygen atoms in total. The molecule has 0 fully saturated rings. The van der Waals surface area contributed by atoms with E-state index in [9.17, 15) is 4.79 Å². The van der Waals surface area contributed by atoms with Crippen LogP contribution in [-0.2, 0) is 11.8 Å². The highest BCUT2D eigenvalue weighted by Gasteiger charge is 2.21. The van der Waals surface area contributed by atoms with Gasteiger partial charge >= 0.3 is 6.03 Å². The van der Waals surface area contributed by atoms with Crippen LogP contribution in [0.4, 0.5) is 10.5 Å². The van der Waals surface area contributed by atoms with Gasteiger partial charge in [-0.3, -0.25) is 4.90 Å². The van der Waals surface area contributed by atoms with Crippen LogP contribution in [0.2, 0.25) is 0 Å². The largest absolute Gasteiger partial charge is 0.492 e. The molecule has 0 aromatic heterocycles. The van der Waals surface area contributed by atoms with E-state index in [0.29, 0.717) is 13.2 Å². The Morgan fingerprint density at radius 3 is 2.58 bits per heavy atom. The quantitative estimate of drug-likeness (QED) is 0.822. The lowest BCUT2D eigenvalue weighted by molar-refractivity contribution is 0.241. The molecule has 0 saturated heterocycles. The first-order valence-electron chi connectivity index (χ1n) is 9.32. The summed E-state index contributed by atoms with van der Waals surface area (Å²) in [6.45, 7) is 8.28. The molecule has 4 heteroatoms. The fourth-order valence-electron chi connectivity index (χ4n) is 3.22. The summed E-state index contributed by atoms with van der Waals surface area (Å²) in [5.74, 6) is 0.829. The van der Waals surface area contributed by atoms with E-state index in [4.69, 9.17) is 4.74 Å². The Morgan fingerprint density at radius 1 is 1.12 bits per heavy atom. The Bertz CT molecular complexity index is 747. The van der Waals surface area contributed by atoms with Gasteiger partial charge in [-0.25, -0.2) is 4.79 Å². The molecule has 2 aromatic carbocycles. The minimum atomic E-state index is -0.0520. The number of carbonyl (C=O) groups is 1. The molecule has 0 radical (unpaired) electrons. The third-order valence-corrected chi connectivity index (χ3v) is 4.72. The molecule has 3 rings (SSSR count). The van der Waals surface area contributed by atoms with E-state index in [1.165, 1.54) is 11.1 Å². The highest BCUT2D eigenvalue weighted by Crippen LogP contribution is 2.26. The number of para-hydroxylation sites is 1. The first-order valence-corrected chi connectivity index (χ1v) is 9.32. The Labute approximate surface area is 156 Å². The molecule has 1 aliphatic heterocycles. The molecule has 1 aliphatic rings. The van der Waals surface area contributed by atoms with Crippen LogP contribution in [-0.4, -0.2) is 25.7 Å². The van der Waals surface area contributed by atoms with Crippen molar-refractivity contribution in [3.8, 4) is 5.75 Å². The summed E-state index contributed by atoms with van der Waals surface area (Å²) in [6, 6.07) is 16.2. The van der Waals surface area contributed by atoms with E-state index >= 15 is 0 Å². The minimum absolute atomic E-state index is 0.0520. The number of hydrogen-bond donors (Lipinski definition) is 1. The van der Waals surface area contributed by atoms with E-state index in [2.05, 4.69) is 44.3 Å². The zero-order valence-electron chi connectivity index (χ0n) is 15.9. The maximum absolute atomic E-state index is 12.5. The van der Waals surface area contributed by atoms with Crippen molar-refractivity contribution >= 4 is 11.7 Å². The highest BCUT2D eigenvalue weighted by atomic mass is 16.5. The molecule has 1 heterocycles.